The normalized spacial score (nSPS) is 18.8. The van der Waals surface area contributed by atoms with Gasteiger partial charge >= 0.3 is 0 Å². The highest BCUT2D eigenvalue weighted by Gasteiger charge is 2.21. The molecular weight excluding hydrogens is 354 g/mol. The third-order valence-corrected chi connectivity index (χ3v) is 5.62. The zero-order valence-electron chi connectivity index (χ0n) is 17.0. The molecule has 3 rings (SSSR count). The summed E-state index contributed by atoms with van der Waals surface area (Å²) in [4.78, 5) is 31.2. The summed E-state index contributed by atoms with van der Waals surface area (Å²) in [5.74, 6) is 0.307. The largest absolute Gasteiger partial charge is 0.340 e. The van der Waals surface area contributed by atoms with Crippen LogP contribution >= 0.6 is 0 Å². The maximum Gasteiger partial charge on any atom is 0.238 e. The van der Waals surface area contributed by atoms with Gasteiger partial charge in [-0.3, -0.25) is 14.5 Å². The van der Waals surface area contributed by atoms with Crippen LogP contribution < -0.4 is 10.6 Å². The number of para-hydroxylation sites is 1. The SMILES string of the molecule is CCc1ccccc1NC(=O)CN1CCN(CCC(=O)N2CCNCC2)CC1. The topological polar surface area (TPSA) is 67.9 Å². The summed E-state index contributed by atoms with van der Waals surface area (Å²) in [5, 5.41) is 6.32. The molecule has 2 amide bonds. The molecule has 0 radical (unpaired) electrons. The van der Waals surface area contributed by atoms with Gasteiger partial charge in [0.2, 0.25) is 11.8 Å². The number of benzene rings is 1. The summed E-state index contributed by atoms with van der Waals surface area (Å²) in [5.41, 5.74) is 2.08. The monoisotopic (exact) mass is 387 g/mol. The third-order valence-electron chi connectivity index (χ3n) is 5.62. The number of nitrogens with one attached hydrogen (secondary N) is 2. The molecule has 0 spiro atoms. The van der Waals surface area contributed by atoms with Crippen molar-refractivity contribution in [2.75, 3.05) is 70.8 Å². The first kappa shape index (κ1) is 20.8. The Kier molecular flexibility index (Phi) is 7.82. The van der Waals surface area contributed by atoms with Gasteiger partial charge in [-0.05, 0) is 18.1 Å². The predicted molar refractivity (Wildman–Crippen MR) is 111 cm³/mol. The molecule has 2 heterocycles. The molecule has 7 heteroatoms. The van der Waals surface area contributed by atoms with Gasteiger partial charge in [0.05, 0.1) is 6.54 Å². The highest BCUT2D eigenvalue weighted by atomic mass is 16.2. The first-order chi connectivity index (χ1) is 13.7. The lowest BCUT2D eigenvalue weighted by molar-refractivity contribution is -0.132. The van der Waals surface area contributed by atoms with Crippen LogP contribution in [-0.4, -0.2) is 92.0 Å². The van der Waals surface area contributed by atoms with Crippen LogP contribution in [0.2, 0.25) is 0 Å². The van der Waals surface area contributed by atoms with Gasteiger partial charge in [0, 0.05) is 71.0 Å². The molecule has 1 aromatic carbocycles. The fourth-order valence-corrected chi connectivity index (χ4v) is 3.84. The van der Waals surface area contributed by atoms with Crippen LogP contribution in [0.3, 0.4) is 0 Å². The minimum absolute atomic E-state index is 0.0447. The first-order valence-electron chi connectivity index (χ1n) is 10.5. The standard InChI is InChI=1S/C21H33N5O2/c1-2-18-5-3-4-6-19(18)23-20(27)17-25-15-13-24(14-16-25)10-7-21(28)26-11-8-22-9-12-26/h3-6,22H,2,7-17H2,1H3,(H,23,27). The Bertz CT molecular complexity index is 652. The molecule has 154 valence electrons. The van der Waals surface area contributed by atoms with Gasteiger partial charge in [-0.15, -0.1) is 0 Å². The maximum absolute atomic E-state index is 12.4. The summed E-state index contributed by atoms with van der Waals surface area (Å²) in [6.45, 7) is 10.3. The highest BCUT2D eigenvalue weighted by Crippen LogP contribution is 2.15. The van der Waals surface area contributed by atoms with Crippen molar-refractivity contribution in [3.8, 4) is 0 Å². The number of rotatable bonds is 7. The molecule has 2 saturated heterocycles. The number of hydrogen-bond donors (Lipinski definition) is 2. The molecule has 1 aromatic rings. The third kappa shape index (κ3) is 6.02. The second kappa shape index (κ2) is 10.5. The Balaban J connectivity index is 1.35. The average molecular weight is 388 g/mol. The molecule has 2 aliphatic rings. The number of anilines is 1. The van der Waals surface area contributed by atoms with Crippen molar-refractivity contribution in [1.29, 1.82) is 0 Å². The van der Waals surface area contributed by atoms with Crippen LogP contribution in [0.15, 0.2) is 24.3 Å². The van der Waals surface area contributed by atoms with Crippen molar-refractivity contribution in [2.24, 2.45) is 0 Å². The Morgan fingerprint density at radius 3 is 2.39 bits per heavy atom. The smallest absolute Gasteiger partial charge is 0.238 e. The van der Waals surface area contributed by atoms with Gasteiger partial charge in [0.25, 0.3) is 0 Å². The minimum atomic E-state index is 0.0447. The summed E-state index contributed by atoms with van der Waals surface area (Å²) in [6, 6.07) is 7.97. The average Bonchev–Trinajstić information content (AvgIpc) is 2.74. The van der Waals surface area contributed by atoms with Crippen LogP contribution in [0.1, 0.15) is 18.9 Å². The van der Waals surface area contributed by atoms with Crippen molar-refractivity contribution >= 4 is 17.5 Å². The Morgan fingerprint density at radius 1 is 1.00 bits per heavy atom. The number of aryl methyl sites for hydroxylation is 1. The van der Waals surface area contributed by atoms with Gasteiger partial charge in [0.15, 0.2) is 0 Å². The molecule has 0 atom stereocenters. The van der Waals surface area contributed by atoms with E-state index >= 15 is 0 Å². The van der Waals surface area contributed by atoms with E-state index in [4.69, 9.17) is 0 Å². The fourth-order valence-electron chi connectivity index (χ4n) is 3.84. The Hall–Kier alpha value is -1.96. The van der Waals surface area contributed by atoms with Crippen molar-refractivity contribution in [3.05, 3.63) is 29.8 Å². The van der Waals surface area contributed by atoms with Gasteiger partial charge in [-0.2, -0.15) is 0 Å². The molecule has 2 N–H and O–H groups in total. The summed E-state index contributed by atoms with van der Waals surface area (Å²) in [7, 11) is 0. The van der Waals surface area contributed by atoms with Gasteiger partial charge in [-0.25, -0.2) is 0 Å². The van der Waals surface area contributed by atoms with Crippen molar-refractivity contribution in [3.63, 3.8) is 0 Å². The quantitative estimate of drug-likeness (QED) is 0.718. The van der Waals surface area contributed by atoms with E-state index in [0.29, 0.717) is 13.0 Å². The van der Waals surface area contributed by atoms with E-state index in [2.05, 4.69) is 33.4 Å². The lowest BCUT2D eigenvalue weighted by Gasteiger charge is -2.35. The van der Waals surface area contributed by atoms with E-state index in [1.807, 2.05) is 23.1 Å². The molecule has 0 bridgehead atoms. The van der Waals surface area contributed by atoms with Gasteiger partial charge < -0.3 is 20.4 Å². The lowest BCUT2D eigenvalue weighted by Crippen LogP contribution is -2.50. The molecule has 7 nitrogen and oxygen atoms in total. The van der Waals surface area contributed by atoms with E-state index in [9.17, 15) is 9.59 Å². The van der Waals surface area contributed by atoms with Crippen molar-refractivity contribution < 1.29 is 9.59 Å². The zero-order chi connectivity index (χ0) is 19.8. The Labute approximate surface area is 168 Å². The second-order valence-electron chi connectivity index (χ2n) is 7.56. The molecule has 28 heavy (non-hydrogen) atoms. The van der Waals surface area contributed by atoms with E-state index in [1.54, 1.807) is 0 Å². The van der Waals surface area contributed by atoms with E-state index in [-0.39, 0.29) is 11.8 Å². The molecule has 0 unspecified atom stereocenters. The van der Waals surface area contributed by atoms with Crippen LogP contribution in [0.4, 0.5) is 5.69 Å². The summed E-state index contributed by atoms with van der Waals surface area (Å²) < 4.78 is 0. The van der Waals surface area contributed by atoms with E-state index in [0.717, 1.165) is 76.6 Å². The number of carbonyl (C=O) groups is 2. The van der Waals surface area contributed by atoms with Gasteiger partial charge in [0.1, 0.15) is 0 Å². The molecule has 0 saturated carbocycles. The van der Waals surface area contributed by atoms with Crippen LogP contribution in [0, 0.1) is 0 Å². The van der Waals surface area contributed by atoms with E-state index < -0.39 is 0 Å². The van der Waals surface area contributed by atoms with Crippen molar-refractivity contribution in [2.45, 2.75) is 19.8 Å². The number of amides is 2. The van der Waals surface area contributed by atoms with E-state index in [1.165, 1.54) is 0 Å². The predicted octanol–water partition coefficient (Wildman–Crippen LogP) is 0.627. The molecule has 0 aromatic heterocycles. The highest BCUT2D eigenvalue weighted by molar-refractivity contribution is 5.93. The van der Waals surface area contributed by atoms with Crippen LogP contribution in [-0.2, 0) is 16.0 Å². The summed E-state index contributed by atoms with van der Waals surface area (Å²) in [6.07, 6.45) is 1.50. The molecule has 0 aliphatic carbocycles. The van der Waals surface area contributed by atoms with Crippen molar-refractivity contribution in [1.82, 2.24) is 20.0 Å². The molecular formula is C21H33N5O2. The molecule has 2 fully saturated rings. The lowest BCUT2D eigenvalue weighted by atomic mass is 10.1. The zero-order valence-corrected chi connectivity index (χ0v) is 17.0. The van der Waals surface area contributed by atoms with Crippen LogP contribution in [0.5, 0.6) is 0 Å². The van der Waals surface area contributed by atoms with Crippen LogP contribution in [0.25, 0.3) is 0 Å². The second-order valence-corrected chi connectivity index (χ2v) is 7.56. The first-order valence-corrected chi connectivity index (χ1v) is 10.5. The number of hydrogen-bond acceptors (Lipinski definition) is 5. The maximum atomic E-state index is 12.4. The van der Waals surface area contributed by atoms with Gasteiger partial charge in [-0.1, -0.05) is 25.1 Å². The number of carbonyl (C=O) groups excluding carboxylic acids is 2. The molecule has 2 aliphatic heterocycles. The minimum Gasteiger partial charge on any atom is -0.340 e. The Morgan fingerprint density at radius 2 is 1.68 bits per heavy atom. The fraction of sp³-hybridized carbons (Fsp3) is 0.619. The number of piperazine rings is 2. The summed E-state index contributed by atoms with van der Waals surface area (Å²) >= 11 is 0. The number of nitrogens with zero attached hydrogens (tertiary/aromatic N) is 3.